The van der Waals surface area contributed by atoms with Gasteiger partial charge in [0.1, 0.15) is 0 Å². The summed E-state index contributed by atoms with van der Waals surface area (Å²) in [6, 6.07) is 0. The maximum Gasteiger partial charge on any atom is 0.0503 e. The average Bonchev–Trinajstić information content (AvgIpc) is 1.61. The zero-order valence-corrected chi connectivity index (χ0v) is 7.31. The Hall–Kier alpha value is 0.730. The Morgan fingerprint density at radius 1 is 1.62 bits per heavy atom. The minimum Gasteiger partial charge on any atom is -0.314 e. The molecule has 0 aromatic carbocycles. The highest BCUT2D eigenvalue weighted by atomic mass is 79.9. The highest BCUT2D eigenvalue weighted by Crippen LogP contribution is 2.25. The molecule has 1 saturated heterocycles. The van der Waals surface area contributed by atoms with E-state index in [1.165, 1.54) is 6.42 Å². The summed E-state index contributed by atoms with van der Waals surface area (Å²) in [7, 11) is 0. The van der Waals surface area contributed by atoms with Gasteiger partial charge in [-0.2, -0.15) is 0 Å². The van der Waals surface area contributed by atoms with E-state index in [1.807, 2.05) is 0 Å². The molecule has 0 radical (unpaired) electrons. The number of halogens is 2. The van der Waals surface area contributed by atoms with Crippen LogP contribution in [0, 0.1) is 0 Å². The van der Waals surface area contributed by atoms with Gasteiger partial charge in [-0.25, -0.2) is 0 Å². The molecule has 1 rings (SSSR count). The molecular formula is C5H11BrClN. The van der Waals surface area contributed by atoms with E-state index < -0.39 is 0 Å². The summed E-state index contributed by atoms with van der Waals surface area (Å²) in [6.07, 6.45) is 1.24. The van der Waals surface area contributed by atoms with Gasteiger partial charge < -0.3 is 5.32 Å². The lowest BCUT2D eigenvalue weighted by molar-refractivity contribution is 0.392. The van der Waals surface area contributed by atoms with E-state index in [9.17, 15) is 0 Å². The van der Waals surface area contributed by atoms with E-state index >= 15 is 0 Å². The van der Waals surface area contributed by atoms with Crippen molar-refractivity contribution in [3.63, 3.8) is 0 Å². The Kier molecular flexibility index (Phi) is 3.32. The first-order chi connectivity index (χ1) is 3.27. The summed E-state index contributed by atoms with van der Waals surface area (Å²) in [4.78, 5) is 0. The van der Waals surface area contributed by atoms with Crippen LogP contribution in [0.2, 0.25) is 0 Å². The van der Waals surface area contributed by atoms with Crippen molar-refractivity contribution < 1.29 is 0 Å². The van der Waals surface area contributed by atoms with Gasteiger partial charge in [0.15, 0.2) is 0 Å². The van der Waals surface area contributed by atoms with Crippen molar-refractivity contribution in [2.45, 2.75) is 17.7 Å². The topological polar surface area (TPSA) is 12.0 Å². The van der Waals surface area contributed by atoms with Gasteiger partial charge in [-0.1, -0.05) is 22.9 Å². The van der Waals surface area contributed by atoms with Gasteiger partial charge in [0, 0.05) is 13.1 Å². The number of hydrogen-bond acceptors (Lipinski definition) is 1. The van der Waals surface area contributed by atoms with Crippen molar-refractivity contribution in [1.29, 1.82) is 0 Å². The number of alkyl halides is 1. The number of rotatable bonds is 1. The fraction of sp³-hybridized carbons (Fsp3) is 1.00. The van der Waals surface area contributed by atoms with Gasteiger partial charge in [0.2, 0.25) is 0 Å². The normalized spacial score (nSPS) is 23.2. The van der Waals surface area contributed by atoms with Gasteiger partial charge >= 0.3 is 0 Å². The standard InChI is InChI=1S/C5H10BrN.ClH/c1-2-5(6)3-7-4-5;/h7H,2-4H2,1H3;1H. The second-order valence-electron chi connectivity index (χ2n) is 2.11. The van der Waals surface area contributed by atoms with Gasteiger partial charge in [-0.15, -0.1) is 12.4 Å². The third-order valence-electron chi connectivity index (χ3n) is 1.52. The van der Waals surface area contributed by atoms with Crippen LogP contribution in [0.25, 0.3) is 0 Å². The van der Waals surface area contributed by atoms with Crippen LogP contribution in [0.4, 0.5) is 0 Å². The van der Waals surface area contributed by atoms with Gasteiger partial charge in [-0.05, 0) is 6.42 Å². The first-order valence-corrected chi connectivity index (χ1v) is 3.46. The van der Waals surface area contributed by atoms with Crippen molar-refractivity contribution in [2.24, 2.45) is 0 Å². The molecule has 0 atom stereocenters. The zero-order valence-electron chi connectivity index (χ0n) is 4.91. The SMILES string of the molecule is CCC1(Br)CNC1.Cl. The minimum atomic E-state index is 0. The molecule has 0 saturated carbocycles. The molecule has 0 unspecified atom stereocenters. The second kappa shape index (κ2) is 3.04. The minimum absolute atomic E-state index is 0. The number of nitrogens with one attached hydrogen (secondary N) is 1. The first kappa shape index (κ1) is 8.73. The Bertz CT molecular complexity index is 67.3. The summed E-state index contributed by atoms with van der Waals surface area (Å²) < 4.78 is 0.465. The molecule has 0 aromatic heterocycles. The summed E-state index contributed by atoms with van der Waals surface area (Å²) in [5, 5.41) is 3.21. The lowest BCUT2D eigenvalue weighted by Gasteiger charge is -2.36. The summed E-state index contributed by atoms with van der Waals surface area (Å²) in [5.41, 5.74) is 0. The molecule has 1 N–H and O–H groups in total. The van der Waals surface area contributed by atoms with E-state index in [2.05, 4.69) is 28.2 Å². The molecule has 0 bridgehead atoms. The van der Waals surface area contributed by atoms with E-state index in [1.54, 1.807) is 0 Å². The highest BCUT2D eigenvalue weighted by molar-refractivity contribution is 9.10. The van der Waals surface area contributed by atoms with Crippen LogP contribution in [0.1, 0.15) is 13.3 Å². The monoisotopic (exact) mass is 199 g/mol. The fourth-order valence-electron chi connectivity index (χ4n) is 0.646. The summed E-state index contributed by atoms with van der Waals surface area (Å²) >= 11 is 3.60. The lowest BCUT2D eigenvalue weighted by atomic mass is 10.0. The maximum absolute atomic E-state index is 3.60. The molecule has 0 spiro atoms. The third-order valence-corrected chi connectivity index (χ3v) is 2.64. The van der Waals surface area contributed by atoms with Gasteiger partial charge in [0.25, 0.3) is 0 Å². The Morgan fingerprint density at radius 2 is 2.12 bits per heavy atom. The maximum atomic E-state index is 3.60. The van der Waals surface area contributed by atoms with Crippen molar-refractivity contribution in [2.75, 3.05) is 13.1 Å². The molecule has 3 heteroatoms. The molecule has 0 aliphatic carbocycles. The largest absolute Gasteiger partial charge is 0.314 e. The zero-order chi connectivity index (χ0) is 5.33. The lowest BCUT2D eigenvalue weighted by Crippen LogP contribution is -2.54. The van der Waals surface area contributed by atoms with E-state index in [0.29, 0.717) is 4.32 Å². The molecule has 0 aromatic rings. The first-order valence-electron chi connectivity index (χ1n) is 2.66. The van der Waals surface area contributed by atoms with E-state index in [-0.39, 0.29) is 12.4 Å². The molecule has 1 nitrogen and oxygen atoms in total. The van der Waals surface area contributed by atoms with Crippen LogP contribution in [-0.2, 0) is 0 Å². The molecule has 0 amide bonds. The molecular weight excluding hydrogens is 189 g/mol. The Labute approximate surface area is 64.8 Å². The summed E-state index contributed by atoms with van der Waals surface area (Å²) in [5.74, 6) is 0. The molecule has 50 valence electrons. The number of hydrogen-bond donors (Lipinski definition) is 1. The fourth-order valence-corrected chi connectivity index (χ4v) is 1.04. The van der Waals surface area contributed by atoms with Crippen LogP contribution in [-0.4, -0.2) is 17.4 Å². The van der Waals surface area contributed by atoms with Crippen molar-refractivity contribution in [1.82, 2.24) is 5.32 Å². The van der Waals surface area contributed by atoms with Crippen LogP contribution in [0.15, 0.2) is 0 Å². The summed E-state index contributed by atoms with van der Waals surface area (Å²) in [6.45, 7) is 4.49. The van der Waals surface area contributed by atoms with Crippen molar-refractivity contribution in [3.05, 3.63) is 0 Å². The van der Waals surface area contributed by atoms with Crippen LogP contribution in [0.3, 0.4) is 0 Å². The quantitative estimate of drug-likeness (QED) is 0.634. The average molecular weight is 201 g/mol. The smallest absolute Gasteiger partial charge is 0.0503 e. The molecule has 1 heterocycles. The third kappa shape index (κ3) is 1.61. The Balaban J connectivity index is 0.000000490. The van der Waals surface area contributed by atoms with Crippen molar-refractivity contribution >= 4 is 28.3 Å². The molecule has 1 fully saturated rings. The van der Waals surface area contributed by atoms with Gasteiger partial charge in [-0.3, -0.25) is 0 Å². The van der Waals surface area contributed by atoms with Crippen molar-refractivity contribution in [3.8, 4) is 0 Å². The predicted octanol–water partition coefficient (Wildman–Crippen LogP) is 1.56. The highest BCUT2D eigenvalue weighted by Gasteiger charge is 2.30. The molecule has 1 aliphatic heterocycles. The molecule has 8 heavy (non-hydrogen) atoms. The van der Waals surface area contributed by atoms with Crippen LogP contribution < -0.4 is 5.32 Å². The van der Waals surface area contributed by atoms with Crippen LogP contribution >= 0.6 is 28.3 Å². The second-order valence-corrected chi connectivity index (χ2v) is 3.79. The van der Waals surface area contributed by atoms with Crippen LogP contribution in [0.5, 0.6) is 0 Å². The Morgan fingerprint density at radius 3 is 2.12 bits per heavy atom. The van der Waals surface area contributed by atoms with Gasteiger partial charge in [0.05, 0.1) is 4.32 Å². The van der Waals surface area contributed by atoms with E-state index in [4.69, 9.17) is 0 Å². The van der Waals surface area contributed by atoms with E-state index in [0.717, 1.165) is 13.1 Å². The molecule has 1 aliphatic rings. The predicted molar refractivity (Wildman–Crippen MR) is 42.1 cm³/mol.